The van der Waals surface area contributed by atoms with Gasteiger partial charge in [0.05, 0.1) is 6.26 Å². The van der Waals surface area contributed by atoms with Crippen LogP contribution >= 0.6 is 0 Å². The molecule has 0 radical (unpaired) electrons. The molecule has 1 N–H and O–H groups in total. The Morgan fingerprint density at radius 3 is 2.00 bits per heavy atom. The minimum atomic E-state index is -2.91. The molecule has 15 heavy (non-hydrogen) atoms. The Bertz CT molecular complexity index is 228. The molecule has 1 rings (SSSR count). The average Bonchev–Trinajstić information content (AvgIpc) is 2.20. The molecular formula is C11H25NO2S. The first-order valence-electron chi connectivity index (χ1n) is 5.88. The molecule has 1 fully saturated rings. The van der Waals surface area contributed by atoms with Crippen LogP contribution in [0.25, 0.3) is 0 Å². The fraction of sp³-hybridized carbons (Fsp3) is 1.00. The summed E-state index contributed by atoms with van der Waals surface area (Å²) in [6.07, 6.45) is 11.5. The summed E-state index contributed by atoms with van der Waals surface area (Å²) in [6.45, 7) is 2.30. The Balaban J connectivity index is 0.000000288. The minimum Gasteiger partial charge on any atom is -0.219 e. The largest absolute Gasteiger partial charge is 0.219 e. The lowest BCUT2D eigenvalue weighted by Crippen LogP contribution is -2.15. The van der Waals surface area contributed by atoms with Gasteiger partial charge < -0.3 is 0 Å². The van der Waals surface area contributed by atoms with E-state index in [1.165, 1.54) is 52.0 Å². The van der Waals surface area contributed by atoms with Crippen LogP contribution < -0.4 is 4.72 Å². The molecule has 0 aliphatic heterocycles. The highest BCUT2D eigenvalue weighted by Gasteiger charge is 2.10. The van der Waals surface area contributed by atoms with Crippen LogP contribution in [0, 0.1) is 5.92 Å². The average molecular weight is 235 g/mol. The first-order chi connectivity index (χ1) is 6.99. The normalized spacial score (nSPS) is 18.1. The summed E-state index contributed by atoms with van der Waals surface area (Å²) in [5.74, 6) is 1.10. The molecule has 1 saturated carbocycles. The summed E-state index contributed by atoms with van der Waals surface area (Å²) >= 11 is 0. The Morgan fingerprint density at radius 1 is 1.20 bits per heavy atom. The number of hydrogen-bond donors (Lipinski definition) is 1. The van der Waals surface area contributed by atoms with Crippen LogP contribution in [0.15, 0.2) is 0 Å². The number of rotatable bonds is 3. The van der Waals surface area contributed by atoms with Gasteiger partial charge >= 0.3 is 0 Å². The van der Waals surface area contributed by atoms with Crippen molar-refractivity contribution in [1.82, 2.24) is 4.72 Å². The van der Waals surface area contributed by atoms with Gasteiger partial charge in [0.25, 0.3) is 0 Å². The van der Waals surface area contributed by atoms with Crippen LogP contribution in [0.1, 0.15) is 51.9 Å². The molecule has 0 bridgehead atoms. The third kappa shape index (κ3) is 10.2. The predicted molar refractivity (Wildman–Crippen MR) is 65.4 cm³/mol. The minimum absolute atomic E-state index is 1.10. The van der Waals surface area contributed by atoms with Crippen molar-refractivity contribution in [3.05, 3.63) is 0 Å². The zero-order valence-electron chi connectivity index (χ0n) is 10.3. The van der Waals surface area contributed by atoms with Crippen molar-refractivity contribution in [3.8, 4) is 0 Å². The molecule has 0 heterocycles. The van der Waals surface area contributed by atoms with Gasteiger partial charge in [0.15, 0.2) is 0 Å². The van der Waals surface area contributed by atoms with E-state index in [2.05, 4.69) is 11.6 Å². The van der Waals surface area contributed by atoms with Gasteiger partial charge in [-0.1, -0.05) is 51.9 Å². The van der Waals surface area contributed by atoms with E-state index in [-0.39, 0.29) is 0 Å². The van der Waals surface area contributed by atoms with Gasteiger partial charge in [0, 0.05) is 0 Å². The van der Waals surface area contributed by atoms with Gasteiger partial charge in [0.1, 0.15) is 0 Å². The molecule has 0 aromatic heterocycles. The molecule has 0 spiro atoms. The monoisotopic (exact) mass is 235 g/mol. The fourth-order valence-electron chi connectivity index (χ4n) is 1.88. The second-order valence-corrected chi connectivity index (χ2v) is 6.22. The Morgan fingerprint density at radius 2 is 1.67 bits per heavy atom. The Hall–Kier alpha value is -0.0900. The van der Waals surface area contributed by atoms with Crippen LogP contribution in [0.3, 0.4) is 0 Å². The Labute approximate surface area is 94.7 Å². The summed E-state index contributed by atoms with van der Waals surface area (Å²) in [4.78, 5) is 0. The van der Waals surface area contributed by atoms with Crippen LogP contribution in [0.5, 0.6) is 0 Å². The van der Waals surface area contributed by atoms with Gasteiger partial charge in [-0.2, -0.15) is 0 Å². The molecule has 3 nitrogen and oxygen atoms in total. The van der Waals surface area contributed by atoms with Gasteiger partial charge in [-0.15, -0.1) is 0 Å². The van der Waals surface area contributed by atoms with E-state index in [1.54, 1.807) is 0 Å². The van der Waals surface area contributed by atoms with Gasteiger partial charge in [0.2, 0.25) is 10.0 Å². The molecule has 0 aromatic carbocycles. The first kappa shape index (κ1) is 14.9. The van der Waals surface area contributed by atoms with Gasteiger partial charge in [-0.25, -0.2) is 13.1 Å². The third-order valence-corrected chi connectivity index (χ3v) is 3.53. The molecular weight excluding hydrogens is 210 g/mol. The topological polar surface area (TPSA) is 46.2 Å². The van der Waals surface area contributed by atoms with E-state index in [4.69, 9.17) is 0 Å². The number of hydrogen-bond acceptors (Lipinski definition) is 2. The van der Waals surface area contributed by atoms with Crippen molar-refractivity contribution in [2.45, 2.75) is 51.9 Å². The van der Waals surface area contributed by atoms with Crippen LogP contribution in [-0.4, -0.2) is 21.7 Å². The van der Waals surface area contributed by atoms with Crippen molar-refractivity contribution >= 4 is 10.0 Å². The van der Waals surface area contributed by atoms with Crippen molar-refractivity contribution in [2.24, 2.45) is 5.92 Å². The first-order valence-corrected chi connectivity index (χ1v) is 7.77. The molecule has 0 atom stereocenters. The van der Waals surface area contributed by atoms with Crippen LogP contribution in [0.2, 0.25) is 0 Å². The zero-order valence-corrected chi connectivity index (χ0v) is 11.1. The van der Waals surface area contributed by atoms with E-state index < -0.39 is 10.0 Å². The van der Waals surface area contributed by atoms with E-state index in [9.17, 15) is 8.42 Å². The molecule has 4 heteroatoms. The summed E-state index contributed by atoms with van der Waals surface area (Å²) in [5.41, 5.74) is 0. The molecule has 0 amide bonds. The molecule has 1 aliphatic rings. The third-order valence-electron chi connectivity index (χ3n) is 2.79. The molecule has 92 valence electrons. The summed E-state index contributed by atoms with van der Waals surface area (Å²) in [6, 6.07) is 0. The maximum Gasteiger partial charge on any atom is 0.208 e. The lowest BCUT2D eigenvalue weighted by molar-refractivity contribution is 0.336. The highest BCUT2D eigenvalue weighted by Crippen LogP contribution is 2.26. The van der Waals surface area contributed by atoms with Gasteiger partial charge in [-0.05, 0) is 13.0 Å². The van der Waals surface area contributed by atoms with Crippen molar-refractivity contribution < 1.29 is 8.42 Å². The maximum atomic E-state index is 9.89. The number of sulfonamides is 1. The summed E-state index contributed by atoms with van der Waals surface area (Å²) in [5, 5.41) is 0. The smallest absolute Gasteiger partial charge is 0.208 e. The maximum absolute atomic E-state index is 9.89. The molecule has 0 aromatic rings. The number of nitrogens with one attached hydrogen (secondary N) is 1. The highest BCUT2D eigenvalue weighted by molar-refractivity contribution is 7.88. The second-order valence-electron chi connectivity index (χ2n) is 4.27. The zero-order chi connectivity index (χ0) is 11.7. The van der Waals surface area contributed by atoms with Crippen LogP contribution in [0.4, 0.5) is 0 Å². The highest BCUT2D eigenvalue weighted by atomic mass is 32.2. The van der Waals surface area contributed by atoms with E-state index in [1.807, 2.05) is 0 Å². The van der Waals surface area contributed by atoms with Crippen molar-refractivity contribution in [2.75, 3.05) is 13.3 Å². The molecule has 0 unspecified atom stereocenters. The van der Waals surface area contributed by atoms with Crippen molar-refractivity contribution in [1.29, 1.82) is 0 Å². The lowest BCUT2D eigenvalue weighted by atomic mass is 9.86. The SMILES string of the molecule is CCCC1CCCCC1.CNS(C)(=O)=O. The quantitative estimate of drug-likeness (QED) is 0.817. The Kier molecular flexibility index (Phi) is 8.06. The summed E-state index contributed by atoms with van der Waals surface area (Å²) < 4.78 is 21.9. The van der Waals surface area contributed by atoms with E-state index in [0.717, 1.165) is 12.2 Å². The van der Waals surface area contributed by atoms with Crippen molar-refractivity contribution in [3.63, 3.8) is 0 Å². The van der Waals surface area contributed by atoms with Crippen LogP contribution in [-0.2, 0) is 10.0 Å². The fourth-order valence-corrected chi connectivity index (χ4v) is 1.88. The second kappa shape index (κ2) is 8.11. The lowest BCUT2D eigenvalue weighted by Gasteiger charge is -2.20. The standard InChI is InChI=1S/C9H18.C2H7NO2S/c1-2-6-9-7-4-3-5-8-9;1-3-6(2,4)5/h9H,2-8H2,1H3;3H,1-2H3. The summed E-state index contributed by atoms with van der Waals surface area (Å²) in [7, 11) is -1.54. The van der Waals surface area contributed by atoms with E-state index >= 15 is 0 Å². The molecule has 0 saturated heterocycles. The predicted octanol–water partition coefficient (Wildman–Crippen LogP) is 2.53. The van der Waals surface area contributed by atoms with Gasteiger partial charge in [-0.3, -0.25) is 0 Å². The van der Waals surface area contributed by atoms with E-state index in [0.29, 0.717) is 0 Å². The molecule has 1 aliphatic carbocycles.